The summed E-state index contributed by atoms with van der Waals surface area (Å²) in [7, 11) is 0. The summed E-state index contributed by atoms with van der Waals surface area (Å²) in [6, 6.07) is 4.41. The molecule has 0 bridgehead atoms. The number of hydrogen-bond donors (Lipinski definition) is 2. The number of nitrogens with zero attached hydrogens (tertiary/aromatic N) is 2. The van der Waals surface area contributed by atoms with Crippen LogP contribution in [0.5, 0.6) is 5.88 Å². The van der Waals surface area contributed by atoms with Gasteiger partial charge in [0.1, 0.15) is 0 Å². The summed E-state index contributed by atoms with van der Waals surface area (Å²) in [6.45, 7) is 9.78. The molecule has 1 aliphatic heterocycles. The molecule has 1 saturated heterocycles. The maximum Gasteiger partial charge on any atom is 0.213 e. The van der Waals surface area contributed by atoms with Crippen molar-refractivity contribution in [3.8, 4) is 5.88 Å². The molecule has 6 nitrogen and oxygen atoms in total. The Balaban J connectivity index is 1.38. The van der Waals surface area contributed by atoms with Crippen LogP contribution in [0.25, 0.3) is 0 Å². The molecule has 3 atom stereocenters. The molecule has 2 aliphatic carbocycles. The Morgan fingerprint density at radius 2 is 2.22 bits per heavy atom. The molecule has 148 valence electrons. The molecule has 3 fully saturated rings. The van der Waals surface area contributed by atoms with Crippen molar-refractivity contribution < 1.29 is 9.47 Å². The van der Waals surface area contributed by atoms with Crippen LogP contribution < -0.4 is 15.4 Å². The van der Waals surface area contributed by atoms with E-state index in [-0.39, 0.29) is 5.41 Å². The molecule has 6 heteroatoms. The number of hydrogen-bond acceptors (Lipinski definition) is 4. The number of guanidine groups is 1. The van der Waals surface area contributed by atoms with Crippen LogP contribution in [-0.4, -0.2) is 42.8 Å². The Bertz CT molecular complexity index is 687. The monoisotopic (exact) mass is 372 g/mol. The number of aromatic nitrogens is 1. The molecule has 1 aromatic heterocycles. The Morgan fingerprint density at radius 3 is 3.00 bits per heavy atom. The van der Waals surface area contributed by atoms with Gasteiger partial charge in [0.25, 0.3) is 0 Å². The van der Waals surface area contributed by atoms with Crippen molar-refractivity contribution in [2.24, 2.45) is 22.2 Å². The van der Waals surface area contributed by atoms with E-state index in [1.165, 1.54) is 12.8 Å². The standard InChI is InChI=1S/C21H32N4O2/c1-4-22-20(25-18-16-8-10-26-19(16)21(18,2)3)24-12-15-7-9-23-17(11-15)27-13-14-5-6-14/h7,9,11,14,16,18-19H,4-6,8,10,12-13H2,1-3H3,(H2,22,24,25). The second-order valence-electron chi connectivity index (χ2n) is 8.64. The highest BCUT2D eigenvalue weighted by molar-refractivity contribution is 5.80. The molecule has 3 unspecified atom stereocenters. The molecule has 2 saturated carbocycles. The van der Waals surface area contributed by atoms with Crippen molar-refractivity contribution in [2.45, 2.75) is 58.7 Å². The molecule has 1 aromatic rings. The highest BCUT2D eigenvalue weighted by Crippen LogP contribution is 2.52. The lowest BCUT2D eigenvalue weighted by Crippen LogP contribution is -2.67. The maximum atomic E-state index is 5.90. The van der Waals surface area contributed by atoms with E-state index in [0.717, 1.165) is 43.6 Å². The van der Waals surface area contributed by atoms with Gasteiger partial charge >= 0.3 is 0 Å². The van der Waals surface area contributed by atoms with Crippen LogP contribution in [0.2, 0.25) is 0 Å². The maximum absolute atomic E-state index is 5.90. The average molecular weight is 373 g/mol. The Kier molecular flexibility index (Phi) is 5.26. The fourth-order valence-corrected chi connectivity index (χ4v) is 4.37. The molecule has 2 heterocycles. The first-order valence-electron chi connectivity index (χ1n) is 10.3. The van der Waals surface area contributed by atoms with E-state index in [1.807, 2.05) is 18.3 Å². The quantitative estimate of drug-likeness (QED) is 0.569. The molecule has 27 heavy (non-hydrogen) atoms. The van der Waals surface area contributed by atoms with Crippen LogP contribution in [0.1, 0.15) is 45.6 Å². The zero-order valence-corrected chi connectivity index (χ0v) is 16.7. The van der Waals surface area contributed by atoms with Crippen molar-refractivity contribution in [3.63, 3.8) is 0 Å². The molecular formula is C21H32N4O2. The third-order valence-electron chi connectivity index (χ3n) is 6.12. The first-order valence-corrected chi connectivity index (χ1v) is 10.3. The van der Waals surface area contributed by atoms with Gasteiger partial charge in [-0.2, -0.15) is 0 Å². The SMILES string of the molecule is CCNC(=NCc1ccnc(OCC2CC2)c1)NC1C2CCOC2C1(C)C. The fourth-order valence-electron chi connectivity index (χ4n) is 4.37. The van der Waals surface area contributed by atoms with Gasteiger partial charge in [0, 0.05) is 42.8 Å². The third-order valence-corrected chi connectivity index (χ3v) is 6.12. The van der Waals surface area contributed by atoms with Crippen molar-refractivity contribution in [1.29, 1.82) is 0 Å². The van der Waals surface area contributed by atoms with Gasteiger partial charge in [-0.25, -0.2) is 9.98 Å². The number of aliphatic imine (C=N–C) groups is 1. The number of rotatable bonds is 7. The minimum Gasteiger partial charge on any atom is -0.477 e. The number of nitrogens with one attached hydrogen (secondary N) is 2. The Hall–Kier alpha value is -1.82. The molecule has 0 aromatic carbocycles. The van der Waals surface area contributed by atoms with Gasteiger partial charge in [-0.1, -0.05) is 13.8 Å². The average Bonchev–Trinajstić information content (AvgIpc) is 3.38. The highest BCUT2D eigenvalue weighted by Gasteiger charge is 2.59. The van der Waals surface area contributed by atoms with Crippen LogP contribution in [0.4, 0.5) is 0 Å². The van der Waals surface area contributed by atoms with Gasteiger partial charge < -0.3 is 20.1 Å². The second kappa shape index (κ2) is 7.66. The lowest BCUT2D eigenvalue weighted by atomic mass is 9.57. The van der Waals surface area contributed by atoms with E-state index in [1.54, 1.807) is 0 Å². The first-order chi connectivity index (χ1) is 13.1. The van der Waals surface area contributed by atoms with Gasteiger partial charge in [0.15, 0.2) is 5.96 Å². The summed E-state index contributed by atoms with van der Waals surface area (Å²) < 4.78 is 11.7. The zero-order valence-electron chi connectivity index (χ0n) is 16.7. The van der Waals surface area contributed by atoms with Gasteiger partial charge in [-0.3, -0.25) is 0 Å². The first kappa shape index (κ1) is 18.5. The Morgan fingerprint density at radius 1 is 1.37 bits per heavy atom. The van der Waals surface area contributed by atoms with Crippen molar-refractivity contribution in [2.75, 3.05) is 19.8 Å². The van der Waals surface area contributed by atoms with E-state index in [0.29, 0.717) is 30.5 Å². The summed E-state index contributed by atoms with van der Waals surface area (Å²) in [6.07, 6.45) is 5.89. The van der Waals surface area contributed by atoms with Crippen LogP contribution in [0.3, 0.4) is 0 Å². The van der Waals surface area contributed by atoms with Crippen LogP contribution in [-0.2, 0) is 11.3 Å². The summed E-state index contributed by atoms with van der Waals surface area (Å²) in [4.78, 5) is 9.12. The Labute approximate surface area is 162 Å². The predicted octanol–water partition coefficient (Wildman–Crippen LogP) is 2.74. The largest absolute Gasteiger partial charge is 0.477 e. The van der Waals surface area contributed by atoms with E-state index in [9.17, 15) is 0 Å². The van der Waals surface area contributed by atoms with Crippen LogP contribution in [0, 0.1) is 17.3 Å². The van der Waals surface area contributed by atoms with E-state index < -0.39 is 0 Å². The summed E-state index contributed by atoms with van der Waals surface area (Å²) >= 11 is 0. The number of ether oxygens (including phenoxy) is 2. The molecule has 0 amide bonds. The molecule has 3 aliphatic rings. The summed E-state index contributed by atoms with van der Waals surface area (Å²) in [5.74, 6) is 2.90. The van der Waals surface area contributed by atoms with Crippen LogP contribution >= 0.6 is 0 Å². The van der Waals surface area contributed by atoms with E-state index >= 15 is 0 Å². The fraction of sp³-hybridized carbons (Fsp3) is 0.714. The number of pyridine rings is 1. The van der Waals surface area contributed by atoms with Crippen LogP contribution in [0.15, 0.2) is 23.3 Å². The summed E-state index contributed by atoms with van der Waals surface area (Å²) in [5.41, 5.74) is 1.25. The predicted molar refractivity (Wildman–Crippen MR) is 106 cm³/mol. The van der Waals surface area contributed by atoms with Crippen molar-refractivity contribution in [3.05, 3.63) is 23.9 Å². The van der Waals surface area contributed by atoms with Gasteiger partial charge in [0.2, 0.25) is 5.88 Å². The minimum absolute atomic E-state index is 0.137. The molecule has 2 N–H and O–H groups in total. The highest BCUT2D eigenvalue weighted by atomic mass is 16.5. The second-order valence-corrected chi connectivity index (χ2v) is 8.64. The zero-order chi connectivity index (χ0) is 18.9. The number of fused-ring (bicyclic) bond motifs is 1. The van der Waals surface area contributed by atoms with E-state index in [4.69, 9.17) is 14.5 Å². The lowest BCUT2D eigenvalue weighted by Gasteiger charge is -2.54. The van der Waals surface area contributed by atoms with Crippen molar-refractivity contribution >= 4 is 5.96 Å². The third kappa shape index (κ3) is 4.05. The molecule has 4 rings (SSSR count). The normalized spacial score (nSPS) is 29.0. The lowest BCUT2D eigenvalue weighted by molar-refractivity contribution is -0.106. The van der Waals surface area contributed by atoms with Crippen molar-refractivity contribution in [1.82, 2.24) is 15.6 Å². The van der Waals surface area contributed by atoms with Gasteiger partial charge in [0.05, 0.1) is 19.3 Å². The summed E-state index contributed by atoms with van der Waals surface area (Å²) in [5, 5.41) is 7.05. The van der Waals surface area contributed by atoms with Gasteiger partial charge in [-0.15, -0.1) is 0 Å². The molecule has 0 radical (unpaired) electrons. The topological polar surface area (TPSA) is 67.8 Å². The molecule has 0 spiro atoms. The van der Waals surface area contributed by atoms with E-state index in [2.05, 4.69) is 36.4 Å². The van der Waals surface area contributed by atoms with Gasteiger partial charge in [-0.05, 0) is 43.7 Å². The molecular weight excluding hydrogens is 340 g/mol. The smallest absolute Gasteiger partial charge is 0.213 e. The minimum atomic E-state index is 0.137.